The van der Waals surface area contributed by atoms with Gasteiger partial charge in [-0.25, -0.2) is 9.97 Å². The van der Waals surface area contributed by atoms with Crippen LogP contribution in [0.3, 0.4) is 0 Å². The number of aromatic nitrogens is 3. The minimum Gasteiger partial charge on any atom is -0.476 e. The molecule has 4 rings (SSSR count). The van der Waals surface area contributed by atoms with Gasteiger partial charge in [-0.15, -0.1) is 11.3 Å². The van der Waals surface area contributed by atoms with Crippen LogP contribution in [0.25, 0.3) is 20.4 Å². The molecular weight excluding hydrogens is 334 g/mol. The molecule has 0 spiro atoms. The average Bonchev–Trinajstić information content (AvgIpc) is 2.87. The fraction of sp³-hybridized carbons (Fsp3) is 0.526. The molecule has 0 amide bonds. The normalized spacial score (nSPS) is 16.6. The molecule has 25 heavy (non-hydrogen) atoms. The maximum Gasteiger partial charge on any atom is 0.235 e. The van der Waals surface area contributed by atoms with E-state index in [1.807, 2.05) is 6.92 Å². The van der Waals surface area contributed by atoms with Crippen molar-refractivity contribution in [3.05, 3.63) is 23.1 Å². The highest BCUT2D eigenvalue weighted by molar-refractivity contribution is 7.25. The Bertz CT molecular complexity index is 962. The van der Waals surface area contributed by atoms with Crippen LogP contribution in [0.2, 0.25) is 0 Å². The van der Waals surface area contributed by atoms with E-state index < -0.39 is 0 Å². The van der Waals surface area contributed by atoms with Crippen molar-refractivity contribution in [1.82, 2.24) is 15.0 Å². The highest BCUT2D eigenvalue weighted by atomic mass is 32.1. The summed E-state index contributed by atoms with van der Waals surface area (Å²) in [4.78, 5) is 15.1. The molecule has 0 fully saturated rings. The number of ether oxygens (including phenoxy) is 2. The summed E-state index contributed by atoms with van der Waals surface area (Å²) in [5.41, 5.74) is 3.07. The van der Waals surface area contributed by atoms with Crippen molar-refractivity contribution in [2.75, 3.05) is 6.61 Å². The summed E-state index contributed by atoms with van der Waals surface area (Å²) in [6.07, 6.45) is 0.827. The molecule has 0 saturated carbocycles. The Balaban J connectivity index is 1.88. The smallest absolute Gasteiger partial charge is 0.235 e. The Morgan fingerprint density at radius 3 is 2.84 bits per heavy atom. The van der Waals surface area contributed by atoms with Crippen LogP contribution in [0.1, 0.15) is 44.8 Å². The van der Waals surface area contributed by atoms with Crippen LogP contribution in [-0.2, 0) is 17.8 Å². The molecule has 132 valence electrons. The number of fused-ring (bicyclic) bond motifs is 4. The van der Waals surface area contributed by atoms with Gasteiger partial charge in [-0.3, -0.25) is 0 Å². The summed E-state index contributed by atoms with van der Waals surface area (Å²) in [5, 5.41) is 1.07. The molecule has 0 unspecified atom stereocenters. The first-order chi connectivity index (χ1) is 11.8. The number of pyridine rings is 1. The molecular formula is C19H23N3O2S. The Morgan fingerprint density at radius 1 is 1.28 bits per heavy atom. The van der Waals surface area contributed by atoms with Crippen molar-refractivity contribution in [1.29, 1.82) is 0 Å². The summed E-state index contributed by atoms with van der Waals surface area (Å²) in [6, 6.07) is 2.18. The van der Waals surface area contributed by atoms with Crippen LogP contribution in [0.4, 0.5) is 0 Å². The van der Waals surface area contributed by atoms with E-state index in [0.717, 1.165) is 43.9 Å². The number of rotatable bonds is 3. The number of thiophene rings is 1. The van der Waals surface area contributed by atoms with E-state index in [9.17, 15) is 0 Å². The number of hydrogen-bond donors (Lipinski definition) is 0. The quantitative estimate of drug-likeness (QED) is 0.694. The van der Waals surface area contributed by atoms with E-state index in [0.29, 0.717) is 25.0 Å². The van der Waals surface area contributed by atoms with Gasteiger partial charge in [0, 0.05) is 17.4 Å². The topological polar surface area (TPSA) is 57.1 Å². The molecule has 0 radical (unpaired) electrons. The fourth-order valence-corrected chi connectivity index (χ4v) is 4.14. The molecule has 0 aromatic carbocycles. The van der Waals surface area contributed by atoms with Crippen molar-refractivity contribution >= 4 is 31.8 Å². The SMILES string of the molecule is Cc1nc(OCC(C)C)c2sc3nc4c(cc3c2n1)COC(C)(C)C4. The third kappa shape index (κ3) is 3.09. The van der Waals surface area contributed by atoms with Gasteiger partial charge >= 0.3 is 0 Å². The molecule has 0 bridgehead atoms. The second-order valence-electron chi connectivity index (χ2n) is 7.73. The Labute approximate surface area is 151 Å². The molecule has 0 N–H and O–H groups in total. The second-order valence-corrected chi connectivity index (χ2v) is 8.73. The molecule has 4 heterocycles. The van der Waals surface area contributed by atoms with Crippen molar-refractivity contribution in [2.45, 2.75) is 53.2 Å². The standard InChI is InChI=1S/C19H23N3O2S/c1-10(2)8-23-17-16-15(20-11(3)21-17)13-6-12-9-24-19(4,5)7-14(12)22-18(13)25-16/h6,10H,7-9H2,1-5H3. The van der Waals surface area contributed by atoms with Gasteiger partial charge in [0.05, 0.1) is 30.0 Å². The number of aryl methyl sites for hydroxylation is 1. The zero-order valence-electron chi connectivity index (χ0n) is 15.3. The van der Waals surface area contributed by atoms with Crippen LogP contribution in [0.15, 0.2) is 6.07 Å². The monoisotopic (exact) mass is 357 g/mol. The van der Waals surface area contributed by atoms with Gasteiger partial charge in [0.15, 0.2) is 0 Å². The minimum absolute atomic E-state index is 0.160. The third-order valence-electron chi connectivity index (χ3n) is 4.32. The van der Waals surface area contributed by atoms with Crippen molar-refractivity contribution < 1.29 is 9.47 Å². The second kappa shape index (κ2) is 5.88. The molecule has 1 aliphatic rings. The molecule has 0 aliphatic carbocycles. The van der Waals surface area contributed by atoms with Gasteiger partial charge in [0.25, 0.3) is 0 Å². The van der Waals surface area contributed by atoms with Crippen molar-refractivity contribution in [3.63, 3.8) is 0 Å². The number of hydrogen-bond acceptors (Lipinski definition) is 6. The molecule has 6 heteroatoms. The first-order valence-corrected chi connectivity index (χ1v) is 9.50. The summed E-state index contributed by atoms with van der Waals surface area (Å²) < 4.78 is 12.9. The summed E-state index contributed by atoms with van der Waals surface area (Å²) in [5.74, 6) is 1.85. The van der Waals surface area contributed by atoms with E-state index in [1.165, 1.54) is 0 Å². The highest BCUT2D eigenvalue weighted by Gasteiger charge is 2.28. The summed E-state index contributed by atoms with van der Waals surface area (Å²) >= 11 is 1.62. The van der Waals surface area contributed by atoms with Gasteiger partial charge in [0.1, 0.15) is 15.4 Å². The maximum absolute atomic E-state index is 5.96. The lowest BCUT2D eigenvalue weighted by Gasteiger charge is -2.30. The molecule has 0 atom stereocenters. The predicted octanol–water partition coefficient (Wildman–Crippen LogP) is 4.43. The molecule has 5 nitrogen and oxygen atoms in total. The van der Waals surface area contributed by atoms with Crippen LogP contribution in [-0.4, -0.2) is 27.2 Å². The van der Waals surface area contributed by atoms with Gasteiger partial charge < -0.3 is 9.47 Å². The van der Waals surface area contributed by atoms with Crippen LogP contribution in [0, 0.1) is 12.8 Å². The van der Waals surface area contributed by atoms with Crippen LogP contribution >= 0.6 is 11.3 Å². The third-order valence-corrected chi connectivity index (χ3v) is 5.40. The van der Waals surface area contributed by atoms with Crippen molar-refractivity contribution in [2.24, 2.45) is 5.92 Å². The largest absolute Gasteiger partial charge is 0.476 e. The average molecular weight is 357 g/mol. The van der Waals surface area contributed by atoms with Gasteiger partial charge in [-0.2, -0.15) is 4.98 Å². The molecule has 3 aromatic heterocycles. The lowest BCUT2D eigenvalue weighted by atomic mass is 9.95. The van der Waals surface area contributed by atoms with Gasteiger partial charge in [-0.05, 0) is 32.8 Å². The summed E-state index contributed by atoms with van der Waals surface area (Å²) in [7, 11) is 0. The lowest BCUT2D eigenvalue weighted by Crippen LogP contribution is -2.32. The van der Waals surface area contributed by atoms with Crippen molar-refractivity contribution in [3.8, 4) is 5.88 Å². The number of nitrogens with zero attached hydrogens (tertiary/aromatic N) is 3. The van der Waals surface area contributed by atoms with E-state index in [4.69, 9.17) is 14.5 Å². The maximum atomic E-state index is 5.96. The fourth-order valence-electron chi connectivity index (χ4n) is 3.08. The zero-order valence-corrected chi connectivity index (χ0v) is 16.2. The van der Waals surface area contributed by atoms with E-state index >= 15 is 0 Å². The van der Waals surface area contributed by atoms with E-state index in [1.54, 1.807) is 11.3 Å². The Kier molecular flexibility index (Phi) is 3.92. The van der Waals surface area contributed by atoms with Crippen LogP contribution in [0.5, 0.6) is 5.88 Å². The van der Waals surface area contributed by atoms with Crippen LogP contribution < -0.4 is 4.74 Å². The lowest BCUT2D eigenvalue weighted by molar-refractivity contribution is -0.0411. The Morgan fingerprint density at radius 2 is 2.08 bits per heavy atom. The zero-order chi connectivity index (χ0) is 17.8. The Hall–Kier alpha value is -1.79. The van der Waals surface area contributed by atoms with Gasteiger partial charge in [-0.1, -0.05) is 13.8 Å². The first-order valence-electron chi connectivity index (χ1n) is 8.69. The highest BCUT2D eigenvalue weighted by Crippen LogP contribution is 2.39. The van der Waals surface area contributed by atoms with E-state index in [2.05, 4.69) is 43.7 Å². The minimum atomic E-state index is -0.160. The van der Waals surface area contributed by atoms with E-state index in [-0.39, 0.29) is 5.60 Å². The molecule has 0 saturated heterocycles. The molecule has 1 aliphatic heterocycles. The summed E-state index contributed by atoms with van der Waals surface area (Å²) in [6.45, 7) is 11.6. The molecule has 3 aromatic rings. The van der Waals surface area contributed by atoms with Gasteiger partial charge in [0.2, 0.25) is 5.88 Å². The predicted molar refractivity (Wildman–Crippen MR) is 100 cm³/mol. The first kappa shape index (κ1) is 16.7.